The van der Waals surface area contributed by atoms with Crippen molar-refractivity contribution in [2.45, 2.75) is 13.3 Å². The Kier molecular flexibility index (Phi) is 1.30. The fourth-order valence-corrected chi connectivity index (χ4v) is 0.527. The first kappa shape index (κ1) is 4.63. The lowest BCUT2D eigenvalue weighted by Crippen LogP contribution is -1.78. The molecule has 0 nitrogen and oxygen atoms in total. The highest BCUT2D eigenvalue weighted by molar-refractivity contribution is 5.20. The van der Waals surface area contributed by atoms with Gasteiger partial charge in [-0.3, -0.25) is 0 Å². The lowest BCUT2D eigenvalue weighted by atomic mass is 10.1. The summed E-state index contributed by atoms with van der Waals surface area (Å²) in [6.45, 7) is 2.02. The van der Waals surface area contributed by atoms with Gasteiger partial charge >= 0.3 is 0 Å². The maximum absolute atomic E-state index is 2.96. The molecule has 0 spiro atoms. The second-order valence-corrected chi connectivity index (χ2v) is 1.59. The molecule has 0 N–H and O–H groups in total. The molecule has 0 aromatic rings. The van der Waals surface area contributed by atoms with Crippen LogP contribution in [-0.2, 0) is 0 Å². The van der Waals surface area contributed by atoms with Gasteiger partial charge in [0, 0.05) is 6.42 Å². The molecule has 3 radical (unpaired) electrons. The van der Waals surface area contributed by atoms with Gasteiger partial charge in [0.15, 0.2) is 0 Å². The van der Waals surface area contributed by atoms with E-state index in [9.17, 15) is 0 Å². The van der Waals surface area contributed by atoms with E-state index in [1.165, 1.54) is 5.57 Å². The zero-order valence-electron chi connectivity index (χ0n) is 4.36. The van der Waals surface area contributed by atoms with E-state index in [1.54, 1.807) is 0 Å². The van der Waals surface area contributed by atoms with Crippen LogP contribution in [0.1, 0.15) is 13.3 Å². The molecule has 0 aliphatic heterocycles. The Labute approximate surface area is 44.5 Å². The lowest BCUT2D eigenvalue weighted by Gasteiger charge is -1.94. The van der Waals surface area contributed by atoms with Crippen LogP contribution >= 0.6 is 0 Å². The fourth-order valence-electron chi connectivity index (χ4n) is 0.527. The van der Waals surface area contributed by atoms with E-state index >= 15 is 0 Å². The molecule has 1 rings (SSSR count). The first-order valence-electron chi connectivity index (χ1n) is 2.38. The van der Waals surface area contributed by atoms with Crippen LogP contribution in [0.25, 0.3) is 0 Å². The average Bonchev–Trinajstić information content (AvgIpc) is 1.69. The second kappa shape index (κ2) is 1.97. The molecule has 1 aliphatic carbocycles. The monoisotopic (exact) mass is 91.1 g/mol. The van der Waals surface area contributed by atoms with Crippen molar-refractivity contribution < 1.29 is 0 Å². The summed E-state index contributed by atoms with van der Waals surface area (Å²) in [6.07, 6.45) is 11.0. The van der Waals surface area contributed by atoms with E-state index < -0.39 is 0 Å². The third kappa shape index (κ3) is 1.19. The smallest absolute Gasteiger partial charge is 0.0211 e. The quantitative estimate of drug-likeness (QED) is 0.426. The minimum Gasteiger partial charge on any atom is -0.0833 e. The van der Waals surface area contributed by atoms with Gasteiger partial charge in [-0.15, -0.1) is 0 Å². The number of hydrogen-bond acceptors (Lipinski definition) is 0. The molecule has 0 bridgehead atoms. The minimum absolute atomic E-state index is 0.928. The summed E-state index contributed by atoms with van der Waals surface area (Å²) < 4.78 is 0. The molecule has 0 saturated heterocycles. The van der Waals surface area contributed by atoms with Crippen LogP contribution in [0.4, 0.5) is 0 Å². The van der Waals surface area contributed by atoms with Gasteiger partial charge in [-0.25, -0.2) is 0 Å². The standard InChI is InChI=1S/C7H7/c1-7-5-3-2-4-6-7/h3,5H,2H2,1H3. The van der Waals surface area contributed by atoms with E-state index in [2.05, 4.69) is 24.6 Å². The molecule has 0 saturated carbocycles. The normalized spacial score (nSPS) is 19.3. The van der Waals surface area contributed by atoms with Crippen molar-refractivity contribution in [2.75, 3.05) is 0 Å². The van der Waals surface area contributed by atoms with Crippen molar-refractivity contribution in [1.29, 1.82) is 0 Å². The van der Waals surface area contributed by atoms with Gasteiger partial charge in [-0.05, 0) is 25.0 Å². The van der Waals surface area contributed by atoms with Crippen molar-refractivity contribution in [2.24, 2.45) is 0 Å². The molecule has 0 unspecified atom stereocenters. The van der Waals surface area contributed by atoms with Crippen LogP contribution in [-0.4, -0.2) is 0 Å². The Morgan fingerprint density at radius 2 is 2.57 bits per heavy atom. The van der Waals surface area contributed by atoms with Crippen molar-refractivity contribution in [1.82, 2.24) is 0 Å². The van der Waals surface area contributed by atoms with Crippen LogP contribution in [0.5, 0.6) is 0 Å². The molecular weight excluding hydrogens is 84.1 g/mol. The molecule has 0 heterocycles. The van der Waals surface area contributed by atoms with Crippen LogP contribution in [0.15, 0.2) is 17.7 Å². The molecule has 0 heteroatoms. The summed E-state index contributed by atoms with van der Waals surface area (Å²) >= 11 is 0. The van der Waals surface area contributed by atoms with Gasteiger partial charge < -0.3 is 0 Å². The summed E-state index contributed by atoms with van der Waals surface area (Å²) in [5.74, 6) is 0. The third-order valence-electron chi connectivity index (χ3n) is 0.873. The molecule has 0 fully saturated rings. The minimum atomic E-state index is 0.928. The molecule has 0 aromatic carbocycles. The van der Waals surface area contributed by atoms with Gasteiger partial charge in [-0.2, -0.15) is 0 Å². The molecule has 35 valence electrons. The fraction of sp³-hybridized carbons (Fsp3) is 0.286. The molecule has 0 amide bonds. The van der Waals surface area contributed by atoms with Crippen molar-refractivity contribution >= 4 is 0 Å². The van der Waals surface area contributed by atoms with Crippen LogP contribution < -0.4 is 0 Å². The van der Waals surface area contributed by atoms with Crippen LogP contribution in [0.2, 0.25) is 0 Å². The SMILES string of the molecule is CC1=[C][C]CC=C1. The lowest BCUT2D eigenvalue weighted by molar-refractivity contribution is 1.20. The molecule has 0 atom stereocenters. The Balaban J connectivity index is 2.58. The predicted octanol–water partition coefficient (Wildman–Crippen LogP) is 1.78. The highest BCUT2D eigenvalue weighted by atomic mass is 13.9. The van der Waals surface area contributed by atoms with Gasteiger partial charge in [0.05, 0.1) is 0 Å². The van der Waals surface area contributed by atoms with Gasteiger partial charge in [0.2, 0.25) is 0 Å². The van der Waals surface area contributed by atoms with E-state index in [4.69, 9.17) is 0 Å². The Bertz CT molecular complexity index is 107. The molecule has 1 aliphatic rings. The Morgan fingerprint density at radius 1 is 1.71 bits per heavy atom. The van der Waals surface area contributed by atoms with E-state index in [1.807, 2.05) is 6.92 Å². The van der Waals surface area contributed by atoms with E-state index in [0.29, 0.717) is 0 Å². The van der Waals surface area contributed by atoms with Gasteiger partial charge in [-0.1, -0.05) is 12.2 Å². The zero-order valence-corrected chi connectivity index (χ0v) is 4.36. The number of rotatable bonds is 0. The number of allylic oxidation sites excluding steroid dienone is 4. The van der Waals surface area contributed by atoms with E-state index in [-0.39, 0.29) is 0 Å². The van der Waals surface area contributed by atoms with Gasteiger partial charge in [0.25, 0.3) is 0 Å². The van der Waals surface area contributed by atoms with E-state index in [0.717, 1.165) is 6.42 Å². The summed E-state index contributed by atoms with van der Waals surface area (Å²) in [6, 6.07) is 0. The first-order valence-corrected chi connectivity index (χ1v) is 2.38. The maximum Gasteiger partial charge on any atom is 0.0211 e. The molecule has 0 aromatic heterocycles. The topological polar surface area (TPSA) is 0 Å². The first-order chi connectivity index (χ1) is 3.39. The summed E-state index contributed by atoms with van der Waals surface area (Å²) in [7, 11) is 0. The maximum atomic E-state index is 2.96. The zero-order chi connectivity index (χ0) is 5.11. The summed E-state index contributed by atoms with van der Waals surface area (Å²) in [5.41, 5.74) is 1.17. The van der Waals surface area contributed by atoms with Gasteiger partial charge in [0.1, 0.15) is 0 Å². The van der Waals surface area contributed by atoms with Crippen LogP contribution in [0, 0.1) is 12.5 Å². The summed E-state index contributed by atoms with van der Waals surface area (Å²) in [5, 5.41) is 0. The van der Waals surface area contributed by atoms with Crippen LogP contribution in [0.3, 0.4) is 0 Å². The average molecular weight is 91.1 g/mol. The second-order valence-electron chi connectivity index (χ2n) is 1.59. The van der Waals surface area contributed by atoms with Crippen molar-refractivity contribution in [3.8, 4) is 0 Å². The predicted molar refractivity (Wildman–Crippen MR) is 29.4 cm³/mol. The molecule has 7 heavy (non-hydrogen) atoms. The van der Waals surface area contributed by atoms with Crippen molar-refractivity contribution in [3.63, 3.8) is 0 Å². The van der Waals surface area contributed by atoms with Crippen molar-refractivity contribution in [3.05, 3.63) is 30.2 Å². The number of hydrogen-bond donors (Lipinski definition) is 0. The molecular formula is C7H7. The summed E-state index contributed by atoms with van der Waals surface area (Å²) in [4.78, 5) is 0. The largest absolute Gasteiger partial charge is 0.0833 e. The Hall–Kier alpha value is -0.520. The highest BCUT2D eigenvalue weighted by Gasteiger charge is 1.88. The highest BCUT2D eigenvalue weighted by Crippen LogP contribution is 2.04. The third-order valence-corrected chi connectivity index (χ3v) is 0.873. The Morgan fingerprint density at radius 3 is 2.86 bits per heavy atom.